The zero-order chi connectivity index (χ0) is 29.1. The molecule has 4 heterocycles. The first-order valence-corrected chi connectivity index (χ1v) is 14.6. The number of carbonyl (C=O) groups is 3. The standard InChI is InChI=1S/C32H36N4O6/c1-21(37)23-7-8-26-25(18-23)30(32(39)34-26)31(27-20-41-29(42-27)17-22-5-3-2-4-6-22)33-24-9-11-35(12-10-24)19-28(38)36-13-15-40-16-14-36/h2-8,18,20,24,29,33H,9-17,19H2,1H3,(H,34,39). The molecule has 4 aliphatic rings. The Morgan fingerprint density at radius 3 is 2.52 bits per heavy atom. The topological polar surface area (TPSA) is 109 Å². The summed E-state index contributed by atoms with van der Waals surface area (Å²) in [6, 6.07) is 15.2. The Bertz CT molecular complexity index is 1410. The predicted molar refractivity (Wildman–Crippen MR) is 156 cm³/mol. The zero-order valence-electron chi connectivity index (χ0n) is 23.8. The van der Waals surface area contributed by atoms with Crippen LogP contribution in [-0.2, 0) is 30.2 Å². The van der Waals surface area contributed by atoms with E-state index in [1.54, 1.807) is 24.5 Å². The van der Waals surface area contributed by atoms with Crippen molar-refractivity contribution in [3.05, 3.63) is 82.9 Å². The van der Waals surface area contributed by atoms with Crippen LogP contribution in [0.1, 0.15) is 41.3 Å². The van der Waals surface area contributed by atoms with Crippen LogP contribution < -0.4 is 10.6 Å². The van der Waals surface area contributed by atoms with Gasteiger partial charge in [-0.1, -0.05) is 30.3 Å². The Hall–Kier alpha value is -4.15. The smallest absolute Gasteiger partial charge is 0.258 e. The number of likely N-dealkylation sites (tertiary alicyclic amines) is 1. The third-order valence-electron chi connectivity index (χ3n) is 8.16. The lowest BCUT2D eigenvalue weighted by atomic mass is 9.98. The molecule has 2 saturated heterocycles. The zero-order valence-corrected chi connectivity index (χ0v) is 23.8. The average molecular weight is 573 g/mol. The third kappa shape index (κ3) is 6.19. The minimum absolute atomic E-state index is 0.0488. The van der Waals surface area contributed by atoms with Gasteiger partial charge < -0.3 is 29.7 Å². The van der Waals surface area contributed by atoms with Crippen molar-refractivity contribution >= 4 is 28.9 Å². The molecule has 10 nitrogen and oxygen atoms in total. The maximum absolute atomic E-state index is 13.4. The maximum atomic E-state index is 13.4. The van der Waals surface area contributed by atoms with Crippen LogP contribution >= 0.6 is 0 Å². The molecule has 0 radical (unpaired) electrons. The molecule has 2 aromatic rings. The molecule has 1 unspecified atom stereocenters. The summed E-state index contributed by atoms with van der Waals surface area (Å²) >= 11 is 0. The average Bonchev–Trinajstić information content (AvgIpc) is 3.60. The lowest BCUT2D eigenvalue weighted by molar-refractivity contribution is -0.136. The Kier molecular flexibility index (Phi) is 8.25. The van der Waals surface area contributed by atoms with Gasteiger partial charge in [-0.3, -0.25) is 19.3 Å². The summed E-state index contributed by atoms with van der Waals surface area (Å²) in [6.45, 7) is 5.88. The fourth-order valence-corrected chi connectivity index (χ4v) is 5.79. The van der Waals surface area contributed by atoms with E-state index >= 15 is 0 Å². The van der Waals surface area contributed by atoms with Crippen LogP contribution in [0.2, 0.25) is 0 Å². The lowest BCUT2D eigenvalue weighted by Crippen LogP contribution is -2.49. The van der Waals surface area contributed by atoms with Gasteiger partial charge in [0.2, 0.25) is 12.2 Å². The van der Waals surface area contributed by atoms with Crippen LogP contribution in [0.15, 0.2) is 66.2 Å². The summed E-state index contributed by atoms with van der Waals surface area (Å²) in [5.74, 6) is 0.247. The number of ether oxygens (including phenoxy) is 3. The van der Waals surface area contributed by atoms with Crippen molar-refractivity contribution in [2.45, 2.75) is 38.5 Å². The van der Waals surface area contributed by atoms with Crippen LogP contribution in [0.5, 0.6) is 0 Å². The molecule has 2 fully saturated rings. The van der Waals surface area contributed by atoms with E-state index in [0.717, 1.165) is 31.5 Å². The number of morpholine rings is 1. The van der Waals surface area contributed by atoms with Gasteiger partial charge in [-0.15, -0.1) is 0 Å². The minimum Gasteiger partial charge on any atom is -0.458 e. The van der Waals surface area contributed by atoms with Crippen molar-refractivity contribution in [2.24, 2.45) is 0 Å². The van der Waals surface area contributed by atoms with E-state index in [9.17, 15) is 14.4 Å². The van der Waals surface area contributed by atoms with E-state index < -0.39 is 6.29 Å². The van der Waals surface area contributed by atoms with Gasteiger partial charge in [0.05, 0.1) is 31.0 Å². The number of benzene rings is 2. The number of piperidine rings is 1. The van der Waals surface area contributed by atoms with Crippen LogP contribution in [0.3, 0.4) is 0 Å². The number of nitrogens with zero attached hydrogens (tertiary/aromatic N) is 2. The number of Topliss-reactive ketones (excluding diaryl/α,β-unsaturated/α-hetero) is 1. The van der Waals surface area contributed by atoms with E-state index in [-0.39, 0.29) is 23.6 Å². The Balaban J connectivity index is 1.20. The second kappa shape index (κ2) is 12.4. The number of ketones is 1. The second-order valence-electron chi connectivity index (χ2n) is 11.1. The van der Waals surface area contributed by atoms with Crippen LogP contribution in [0.25, 0.3) is 5.57 Å². The fourth-order valence-electron chi connectivity index (χ4n) is 5.79. The molecule has 1 atom stereocenters. The Morgan fingerprint density at radius 2 is 1.79 bits per heavy atom. The summed E-state index contributed by atoms with van der Waals surface area (Å²) in [4.78, 5) is 42.4. The second-order valence-corrected chi connectivity index (χ2v) is 11.1. The summed E-state index contributed by atoms with van der Waals surface area (Å²) in [6.07, 6.45) is 3.17. The quantitative estimate of drug-likeness (QED) is 0.367. The number of carbonyl (C=O) groups excluding carboxylic acids is 3. The number of nitrogens with one attached hydrogen (secondary N) is 2. The predicted octanol–water partition coefficient (Wildman–Crippen LogP) is 2.92. The molecule has 0 spiro atoms. The van der Waals surface area contributed by atoms with E-state index in [2.05, 4.69) is 15.5 Å². The molecule has 220 valence electrons. The Labute approximate surface area is 245 Å². The molecule has 0 aliphatic carbocycles. The molecule has 2 aromatic carbocycles. The molecule has 6 rings (SSSR count). The summed E-state index contributed by atoms with van der Waals surface area (Å²) in [5.41, 5.74) is 3.88. The number of hydrogen-bond donors (Lipinski definition) is 2. The number of amides is 2. The lowest BCUT2D eigenvalue weighted by Gasteiger charge is -2.35. The highest BCUT2D eigenvalue weighted by molar-refractivity contribution is 6.32. The van der Waals surface area contributed by atoms with Gasteiger partial charge in [0.25, 0.3) is 5.91 Å². The molecular formula is C32H36N4O6. The molecule has 0 bridgehead atoms. The van der Waals surface area contributed by atoms with Gasteiger partial charge in [-0.2, -0.15) is 0 Å². The van der Waals surface area contributed by atoms with Crippen molar-refractivity contribution in [1.29, 1.82) is 0 Å². The third-order valence-corrected chi connectivity index (χ3v) is 8.16. The first-order valence-electron chi connectivity index (χ1n) is 14.6. The normalized spacial score (nSPS) is 22.0. The van der Waals surface area contributed by atoms with E-state index in [1.807, 2.05) is 35.2 Å². The molecule has 0 aromatic heterocycles. The molecule has 10 heteroatoms. The van der Waals surface area contributed by atoms with Crippen molar-refractivity contribution in [1.82, 2.24) is 15.1 Å². The van der Waals surface area contributed by atoms with E-state index in [0.29, 0.717) is 73.1 Å². The van der Waals surface area contributed by atoms with Crippen molar-refractivity contribution in [3.63, 3.8) is 0 Å². The summed E-state index contributed by atoms with van der Waals surface area (Å²) in [5, 5.41) is 6.54. The highest BCUT2D eigenvalue weighted by Crippen LogP contribution is 2.38. The van der Waals surface area contributed by atoms with Crippen molar-refractivity contribution in [3.8, 4) is 0 Å². The van der Waals surface area contributed by atoms with Crippen molar-refractivity contribution < 1.29 is 28.6 Å². The van der Waals surface area contributed by atoms with Crippen molar-refractivity contribution in [2.75, 3.05) is 51.3 Å². The van der Waals surface area contributed by atoms with E-state index in [1.165, 1.54) is 6.92 Å². The first-order chi connectivity index (χ1) is 20.4. The minimum atomic E-state index is -0.527. The molecule has 0 saturated carbocycles. The van der Waals surface area contributed by atoms with Gasteiger partial charge in [0.15, 0.2) is 11.5 Å². The first kappa shape index (κ1) is 28.0. The highest BCUT2D eigenvalue weighted by atomic mass is 16.7. The van der Waals surface area contributed by atoms with Gasteiger partial charge >= 0.3 is 0 Å². The molecular weight excluding hydrogens is 536 g/mol. The van der Waals surface area contributed by atoms with Gasteiger partial charge in [0.1, 0.15) is 6.26 Å². The molecule has 4 aliphatic heterocycles. The van der Waals surface area contributed by atoms with E-state index in [4.69, 9.17) is 14.2 Å². The van der Waals surface area contributed by atoms with Crippen LogP contribution in [0, 0.1) is 0 Å². The summed E-state index contributed by atoms with van der Waals surface area (Å²) in [7, 11) is 0. The maximum Gasteiger partial charge on any atom is 0.258 e. The van der Waals surface area contributed by atoms with Gasteiger partial charge in [0, 0.05) is 55.5 Å². The van der Waals surface area contributed by atoms with Crippen LogP contribution in [0.4, 0.5) is 5.69 Å². The SMILES string of the molecule is CC(=O)c1ccc2c(c1)C(=C(NC1CCN(CC(=O)N3CCOCC3)CC1)C1=COC(Cc3ccccc3)O1)C(=O)N2. The summed E-state index contributed by atoms with van der Waals surface area (Å²) < 4.78 is 17.5. The highest BCUT2D eigenvalue weighted by Gasteiger charge is 2.35. The number of anilines is 1. The number of hydrogen-bond acceptors (Lipinski definition) is 8. The molecule has 42 heavy (non-hydrogen) atoms. The monoisotopic (exact) mass is 572 g/mol. The van der Waals surface area contributed by atoms with Gasteiger partial charge in [-0.05, 0) is 43.5 Å². The van der Waals surface area contributed by atoms with Gasteiger partial charge in [-0.25, -0.2) is 0 Å². The number of fused-ring (bicyclic) bond motifs is 1. The number of rotatable bonds is 8. The molecule has 2 amide bonds. The van der Waals surface area contributed by atoms with Crippen LogP contribution in [-0.4, -0.2) is 85.7 Å². The molecule has 2 N–H and O–H groups in total. The largest absolute Gasteiger partial charge is 0.458 e. The Morgan fingerprint density at radius 1 is 1.02 bits per heavy atom. The fraction of sp³-hybridized carbons (Fsp3) is 0.406.